The third kappa shape index (κ3) is 6.26. The minimum absolute atomic E-state index is 0.116. The number of rotatable bonds is 7. The molecule has 39 heavy (non-hydrogen) atoms. The maximum absolute atomic E-state index is 14.0. The Morgan fingerprint density at radius 2 is 1.74 bits per heavy atom. The average molecular weight is 567 g/mol. The van der Waals surface area contributed by atoms with Crippen LogP contribution >= 0.6 is 11.6 Å². The molecule has 2 aromatic rings. The molecule has 0 radical (unpaired) electrons. The highest BCUT2D eigenvalue weighted by molar-refractivity contribution is 6.32. The van der Waals surface area contributed by atoms with Crippen LogP contribution in [0.3, 0.4) is 0 Å². The number of carbonyl (C=O) groups is 2. The predicted molar refractivity (Wildman–Crippen MR) is 143 cm³/mol. The summed E-state index contributed by atoms with van der Waals surface area (Å²) >= 11 is 6.28. The maximum Gasteiger partial charge on any atom is 0.404 e. The Morgan fingerprint density at radius 1 is 1.08 bits per heavy atom. The molecule has 1 unspecified atom stereocenters. The van der Waals surface area contributed by atoms with Crippen LogP contribution in [-0.4, -0.2) is 80.2 Å². The van der Waals surface area contributed by atoms with E-state index in [2.05, 4.69) is 9.88 Å². The van der Waals surface area contributed by atoms with Crippen LogP contribution in [0.1, 0.15) is 47.5 Å². The standard InChI is InChI=1S/C28H34ClF3N4O3/c1-34(2)26(37)22-8-9-23(33-25(22)29)36-12-10-17(11-13-36)19-14-20(15-19)35(3)27(38)24(28(30,31)32)18-6-5-7-21(16-18)39-4/h5-9,16-17,19-20,24H,10-15H2,1-4H3. The van der Waals surface area contributed by atoms with Gasteiger partial charge in [0, 0.05) is 40.3 Å². The number of pyridine rings is 1. The lowest BCUT2D eigenvalue weighted by Gasteiger charge is -2.47. The highest BCUT2D eigenvalue weighted by Gasteiger charge is 2.49. The van der Waals surface area contributed by atoms with Crippen molar-refractivity contribution in [2.24, 2.45) is 11.8 Å². The fourth-order valence-electron chi connectivity index (χ4n) is 5.61. The zero-order valence-corrected chi connectivity index (χ0v) is 23.3. The number of carbonyl (C=O) groups excluding carboxylic acids is 2. The average Bonchev–Trinajstić information content (AvgIpc) is 2.87. The zero-order chi connectivity index (χ0) is 28.5. The van der Waals surface area contributed by atoms with E-state index in [4.69, 9.17) is 16.3 Å². The van der Waals surface area contributed by atoms with Crippen molar-refractivity contribution in [3.05, 3.63) is 52.7 Å². The molecule has 1 aliphatic carbocycles. The van der Waals surface area contributed by atoms with Crippen molar-refractivity contribution in [1.29, 1.82) is 0 Å². The normalized spacial score (nSPS) is 20.7. The third-order valence-corrected chi connectivity index (χ3v) is 8.34. The van der Waals surface area contributed by atoms with Gasteiger partial charge in [0.1, 0.15) is 16.7 Å². The van der Waals surface area contributed by atoms with Crippen LogP contribution in [0.2, 0.25) is 5.15 Å². The first-order valence-corrected chi connectivity index (χ1v) is 13.4. The zero-order valence-electron chi connectivity index (χ0n) is 22.5. The molecule has 7 nitrogen and oxygen atoms in total. The van der Waals surface area contributed by atoms with E-state index >= 15 is 0 Å². The minimum Gasteiger partial charge on any atom is -0.497 e. The van der Waals surface area contributed by atoms with Crippen molar-refractivity contribution >= 4 is 29.2 Å². The van der Waals surface area contributed by atoms with Gasteiger partial charge in [0.05, 0.1) is 12.7 Å². The number of amides is 2. The first-order valence-electron chi connectivity index (χ1n) is 13.0. The molecule has 0 spiro atoms. The molecule has 2 fully saturated rings. The second-order valence-electron chi connectivity index (χ2n) is 10.6. The molecule has 1 aliphatic heterocycles. The summed E-state index contributed by atoms with van der Waals surface area (Å²) in [7, 11) is 6.17. The van der Waals surface area contributed by atoms with E-state index in [-0.39, 0.29) is 28.4 Å². The second kappa shape index (κ2) is 11.6. The summed E-state index contributed by atoms with van der Waals surface area (Å²) in [6.45, 7) is 1.55. The highest BCUT2D eigenvalue weighted by atomic mass is 35.5. The van der Waals surface area contributed by atoms with Crippen LogP contribution in [0, 0.1) is 11.8 Å². The van der Waals surface area contributed by atoms with Crippen LogP contribution in [0.15, 0.2) is 36.4 Å². The van der Waals surface area contributed by atoms with Gasteiger partial charge < -0.3 is 19.4 Å². The molecule has 212 valence electrons. The van der Waals surface area contributed by atoms with E-state index in [1.54, 1.807) is 26.2 Å². The van der Waals surface area contributed by atoms with E-state index in [9.17, 15) is 22.8 Å². The molecule has 2 aliphatic rings. The second-order valence-corrected chi connectivity index (χ2v) is 11.0. The van der Waals surface area contributed by atoms with Crippen LogP contribution in [-0.2, 0) is 4.79 Å². The lowest BCUT2D eigenvalue weighted by atomic mass is 9.68. The fourth-order valence-corrected chi connectivity index (χ4v) is 5.84. The van der Waals surface area contributed by atoms with Crippen LogP contribution < -0.4 is 9.64 Å². The molecule has 11 heteroatoms. The largest absolute Gasteiger partial charge is 0.497 e. The lowest BCUT2D eigenvalue weighted by molar-refractivity contribution is -0.174. The van der Waals surface area contributed by atoms with Gasteiger partial charge in [-0.3, -0.25) is 9.59 Å². The summed E-state index contributed by atoms with van der Waals surface area (Å²) in [4.78, 5) is 34.6. The molecule has 1 aromatic carbocycles. The molecule has 2 heterocycles. The van der Waals surface area contributed by atoms with Gasteiger partial charge in [0.15, 0.2) is 5.92 Å². The van der Waals surface area contributed by atoms with Crippen LogP contribution in [0.25, 0.3) is 0 Å². The van der Waals surface area contributed by atoms with Gasteiger partial charge in [-0.05, 0) is 67.3 Å². The van der Waals surface area contributed by atoms with Crippen molar-refractivity contribution in [1.82, 2.24) is 14.8 Å². The summed E-state index contributed by atoms with van der Waals surface area (Å²) < 4.78 is 47.0. The summed E-state index contributed by atoms with van der Waals surface area (Å²) in [6, 6.07) is 8.91. The summed E-state index contributed by atoms with van der Waals surface area (Å²) in [5, 5.41) is 0.175. The Morgan fingerprint density at radius 3 is 2.31 bits per heavy atom. The van der Waals surface area contributed by atoms with E-state index < -0.39 is 18.0 Å². The Hall–Kier alpha value is -3.01. The molecule has 2 amide bonds. The Balaban J connectivity index is 1.32. The predicted octanol–water partition coefficient (Wildman–Crippen LogP) is 5.24. The number of halogens is 4. The Labute approximate surface area is 231 Å². The van der Waals surface area contributed by atoms with E-state index in [0.29, 0.717) is 30.2 Å². The highest BCUT2D eigenvalue weighted by Crippen LogP contribution is 2.44. The molecule has 0 N–H and O–H groups in total. The van der Waals surface area contributed by atoms with Gasteiger partial charge in [0.2, 0.25) is 5.91 Å². The van der Waals surface area contributed by atoms with Crippen molar-refractivity contribution in [2.75, 3.05) is 46.2 Å². The SMILES string of the molecule is COc1cccc(C(C(=O)N(C)C2CC(C3CCN(c4ccc(C(=O)N(C)C)c(Cl)n4)CC3)C2)C(F)(F)F)c1. The topological polar surface area (TPSA) is 66.0 Å². The molecular formula is C28H34ClF3N4O3. The first kappa shape index (κ1) is 29.0. The number of methoxy groups -OCH3 is 1. The van der Waals surface area contributed by atoms with Crippen molar-refractivity contribution < 1.29 is 27.5 Å². The molecule has 1 atom stereocenters. The summed E-state index contributed by atoms with van der Waals surface area (Å²) in [6.07, 6.45) is -1.48. The number of anilines is 1. The van der Waals surface area contributed by atoms with Gasteiger partial charge in [0.25, 0.3) is 5.91 Å². The number of piperidine rings is 1. The number of hydrogen-bond acceptors (Lipinski definition) is 5. The molecule has 1 saturated heterocycles. The number of alkyl halides is 3. The van der Waals surface area contributed by atoms with E-state index in [1.165, 1.54) is 42.2 Å². The summed E-state index contributed by atoms with van der Waals surface area (Å²) in [5.74, 6) is -1.56. The molecular weight excluding hydrogens is 533 g/mol. The molecule has 0 bridgehead atoms. The van der Waals surface area contributed by atoms with Gasteiger partial charge in [-0.1, -0.05) is 23.7 Å². The van der Waals surface area contributed by atoms with Crippen molar-refractivity contribution in [3.8, 4) is 5.75 Å². The molecule has 1 aromatic heterocycles. The molecule has 1 saturated carbocycles. The number of nitrogens with zero attached hydrogens (tertiary/aromatic N) is 4. The smallest absolute Gasteiger partial charge is 0.404 e. The van der Waals surface area contributed by atoms with Gasteiger partial charge in [-0.25, -0.2) is 4.98 Å². The van der Waals surface area contributed by atoms with E-state index in [0.717, 1.165) is 31.7 Å². The number of benzene rings is 1. The fraction of sp³-hybridized carbons (Fsp3) is 0.536. The quantitative estimate of drug-likeness (QED) is 0.429. The Bertz CT molecular complexity index is 1190. The van der Waals surface area contributed by atoms with Crippen molar-refractivity contribution in [2.45, 2.75) is 43.8 Å². The van der Waals surface area contributed by atoms with E-state index in [1.807, 2.05) is 6.07 Å². The van der Waals surface area contributed by atoms with Gasteiger partial charge in [-0.2, -0.15) is 13.2 Å². The summed E-state index contributed by atoms with van der Waals surface area (Å²) in [5.41, 5.74) is 0.244. The molecule has 4 rings (SSSR count). The lowest BCUT2D eigenvalue weighted by Crippen LogP contribution is -2.51. The number of ether oxygens (including phenoxy) is 1. The van der Waals surface area contributed by atoms with Gasteiger partial charge >= 0.3 is 6.18 Å². The number of aromatic nitrogens is 1. The minimum atomic E-state index is -4.71. The van der Waals surface area contributed by atoms with Crippen molar-refractivity contribution in [3.63, 3.8) is 0 Å². The third-order valence-electron chi connectivity index (χ3n) is 8.05. The first-order chi connectivity index (χ1) is 18.4. The maximum atomic E-state index is 14.0. The number of likely N-dealkylation sites (N-methyl/N-ethyl adjacent to an activating group) is 1. The van der Waals surface area contributed by atoms with Crippen LogP contribution in [0.5, 0.6) is 5.75 Å². The Kier molecular flexibility index (Phi) is 8.63. The van der Waals surface area contributed by atoms with Gasteiger partial charge in [-0.15, -0.1) is 0 Å². The monoisotopic (exact) mass is 566 g/mol. The van der Waals surface area contributed by atoms with Crippen LogP contribution in [0.4, 0.5) is 19.0 Å². The number of hydrogen-bond donors (Lipinski definition) is 0.